The van der Waals surface area contributed by atoms with Gasteiger partial charge in [0.05, 0.1) is 6.61 Å². The lowest BCUT2D eigenvalue weighted by molar-refractivity contribution is 0.0974. The highest BCUT2D eigenvalue weighted by Gasteiger charge is 2.20. The van der Waals surface area contributed by atoms with Crippen molar-refractivity contribution in [2.75, 3.05) is 19.7 Å². The zero-order valence-corrected chi connectivity index (χ0v) is 8.68. The van der Waals surface area contributed by atoms with Gasteiger partial charge in [0.2, 0.25) is 0 Å². The van der Waals surface area contributed by atoms with Gasteiger partial charge in [-0.05, 0) is 19.8 Å². The van der Waals surface area contributed by atoms with E-state index >= 15 is 0 Å². The summed E-state index contributed by atoms with van der Waals surface area (Å²) in [7, 11) is 0. The summed E-state index contributed by atoms with van der Waals surface area (Å²) in [5, 5.41) is 0. The van der Waals surface area contributed by atoms with Gasteiger partial charge >= 0.3 is 6.09 Å². The first kappa shape index (κ1) is 12.5. The Labute approximate surface area is 84.8 Å². The first-order chi connectivity index (χ1) is 5.74. The number of amides is 1. The maximum atomic E-state index is 11.2. The maximum Gasteiger partial charge on any atom is 0.409 e. The molecule has 0 aliphatic carbocycles. The zero-order valence-electron chi connectivity index (χ0n) is 7.86. The lowest BCUT2D eigenvalue weighted by atomic mass is 10.1. The Morgan fingerprint density at radius 2 is 2.08 bits per heavy atom. The third kappa shape index (κ3) is 3.83. The molecular weight excluding hydrogens is 192 g/mol. The zero-order chi connectivity index (χ0) is 8.97. The second-order valence-electron chi connectivity index (χ2n) is 3.02. The second-order valence-corrected chi connectivity index (χ2v) is 3.02. The van der Waals surface area contributed by atoms with Gasteiger partial charge in [0.15, 0.2) is 0 Å². The van der Waals surface area contributed by atoms with E-state index in [-0.39, 0.29) is 24.5 Å². The van der Waals surface area contributed by atoms with Gasteiger partial charge in [-0.2, -0.15) is 0 Å². The molecule has 1 heterocycles. The molecule has 0 radical (unpaired) electrons. The van der Waals surface area contributed by atoms with Gasteiger partial charge in [-0.15, -0.1) is 12.4 Å². The number of nitrogens with two attached hydrogens (primary N) is 1. The minimum atomic E-state index is -0.204. The van der Waals surface area contributed by atoms with E-state index in [1.165, 1.54) is 0 Å². The van der Waals surface area contributed by atoms with E-state index in [1.54, 1.807) is 4.90 Å². The molecule has 1 rings (SSSR count). The molecule has 4 nitrogen and oxygen atoms in total. The molecule has 1 fully saturated rings. The van der Waals surface area contributed by atoms with Crippen LogP contribution >= 0.6 is 12.4 Å². The summed E-state index contributed by atoms with van der Waals surface area (Å²) in [5.74, 6) is 0. The molecule has 0 unspecified atom stereocenters. The number of carbonyl (C=O) groups excluding carboxylic acids is 1. The van der Waals surface area contributed by atoms with E-state index in [0.717, 1.165) is 25.9 Å². The normalized spacial score (nSPS) is 17.8. The molecule has 0 saturated carbocycles. The van der Waals surface area contributed by atoms with Crippen molar-refractivity contribution in [3.63, 3.8) is 0 Å². The van der Waals surface area contributed by atoms with E-state index < -0.39 is 0 Å². The fourth-order valence-electron chi connectivity index (χ4n) is 1.30. The second kappa shape index (κ2) is 6.05. The summed E-state index contributed by atoms with van der Waals surface area (Å²) in [5.41, 5.74) is 5.69. The highest BCUT2D eigenvalue weighted by atomic mass is 35.5. The van der Waals surface area contributed by atoms with Crippen LogP contribution < -0.4 is 5.73 Å². The predicted octanol–water partition coefficient (Wildman–Crippen LogP) is 0.988. The largest absolute Gasteiger partial charge is 0.450 e. The molecule has 0 atom stereocenters. The van der Waals surface area contributed by atoms with Crippen molar-refractivity contribution in [1.82, 2.24) is 4.90 Å². The van der Waals surface area contributed by atoms with Crippen molar-refractivity contribution in [3.05, 3.63) is 0 Å². The van der Waals surface area contributed by atoms with Crippen LogP contribution in [0, 0.1) is 0 Å². The molecule has 78 valence electrons. The van der Waals surface area contributed by atoms with Crippen LogP contribution in [-0.4, -0.2) is 36.7 Å². The van der Waals surface area contributed by atoms with Gasteiger partial charge in [0.25, 0.3) is 0 Å². The van der Waals surface area contributed by atoms with Crippen LogP contribution in [0.25, 0.3) is 0 Å². The molecule has 1 aliphatic heterocycles. The minimum absolute atomic E-state index is 0. The van der Waals surface area contributed by atoms with Crippen LogP contribution in [0.15, 0.2) is 0 Å². The molecule has 0 aromatic rings. The van der Waals surface area contributed by atoms with E-state index in [4.69, 9.17) is 10.5 Å². The molecule has 1 aliphatic rings. The molecule has 5 heteroatoms. The van der Waals surface area contributed by atoms with Gasteiger partial charge < -0.3 is 15.4 Å². The molecule has 0 aromatic heterocycles. The SMILES string of the molecule is CCOC(=O)N1CCC(N)CC1.Cl. The smallest absolute Gasteiger partial charge is 0.409 e. The van der Waals surface area contributed by atoms with Crippen LogP contribution in [0.4, 0.5) is 4.79 Å². The van der Waals surface area contributed by atoms with Gasteiger partial charge in [-0.3, -0.25) is 0 Å². The Hall–Kier alpha value is -0.480. The predicted molar refractivity (Wildman–Crippen MR) is 53.1 cm³/mol. The summed E-state index contributed by atoms with van der Waals surface area (Å²) in [6.07, 6.45) is 1.57. The lowest BCUT2D eigenvalue weighted by Crippen LogP contribution is -2.43. The summed E-state index contributed by atoms with van der Waals surface area (Å²) in [6, 6.07) is 0.260. The number of likely N-dealkylation sites (tertiary alicyclic amines) is 1. The number of carbonyl (C=O) groups is 1. The van der Waals surface area contributed by atoms with Crippen LogP contribution in [0.2, 0.25) is 0 Å². The van der Waals surface area contributed by atoms with Gasteiger partial charge in [-0.1, -0.05) is 0 Å². The van der Waals surface area contributed by atoms with E-state index in [9.17, 15) is 4.79 Å². The average molecular weight is 209 g/mol. The standard InChI is InChI=1S/C8H16N2O2.ClH/c1-2-12-8(11)10-5-3-7(9)4-6-10;/h7H,2-6,9H2,1H3;1H. The summed E-state index contributed by atoms with van der Waals surface area (Å²) in [4.78, 5) is 12.9. The van der Waals surface area contributed by atoms with Crippen LogP contribution in [0.3, 0.4) is 0 Å². The number of ether oxygens (including phenoxy) is 1. The number of halogens is 1. The number of piperidine rings is 1. The van der Waals surface area contributed by atoms with Gasteiger partial charge in [-0.25, -0.2) is 4.79 Å². The third-order valence-electron chi connectivity index (χ3n) is 2.07. The monoisotopic (exact) mass is 208 g/mol. The fourth-order valence-corrected chi connectivity index (χ4v) is 1.30. The summed E-state index contributed by atoms with van der Waals surface area (Å²) < 4.78 is 4.86. The molecule has 1 amide bonds. The highest BCUT2D eigenvalue weighted by molar-refractivity contribution is 5.85. The summed E-state index contributed by atoms with van der Waals surface area (Å²) >= 11 is 0. The molecule has 13 heavy (non-hydrogen) atoms. The Bertz CT molecular complexity index is 158. The van der Waals surface area contributed by atoms with Gasteiger partial charge in [0, 0.05) is 19.1 Å². The fraction of sp³-hybridized carbons (Fsp3) is 0.875. The molecule has 0 aromatic carbocycles. The number of nitrogens with zero attached hydrogens (tertiary/aromatic N) is 1. The van der Waals surface area contributed by atoms with Crippen molar-refractivity contribution in [3.8, 4) is 0 Å². The maximum absolute atomic E-state index is 11.2. The van der Waals surface area contributed by atoms with Crippen molar-refractivity contribution >= 4 is 18.5 Å². The Morgan fingerprint density at radius 1 is 1.54 bits per heavy atom. The van der Waals surface area contributed by atoms with Crippen molar-refractivity contribution in [1.29, 1.82) is 0 Å². The number of rotatable bonds is 1. The summed E-state index contributed by atoms with van der Waals surface area (Å²) in [6.45, 7) is 3.73. The first-order valence-electron chi connectivity index (χ1n) is 4.41. The van der Waals surface area contributed by atoms with Crippen LogP contribution in [0.1, 0.15) is 19.8 Å². The quantitative estimate of drug-likeness (QED) is 0.699. The van der Waals surface area contributed by atoms with E-state index in [1.807, 2.05) is 6.92 Å². The Kier molecular flexibility index (Phi) is 5.82. The Morgan fingerprint density at radius 3 is 2.54 bits per heavy atom. The number of hydrogen-bond acceptors (Lipinski definition) is 3. The molecule has 2 N–H and O–H groups in total. The third-order valence-corrected chi connectivity index (χ3v) is 2.07. The topological polar surface area (TPSA) is 55.6 Å². The van der Waals surface area contributed by atoms with Crippen LogP contribution in [0.5, 0.6) is 0 Å². The highest BCUT2D eigenvalue weighted by Crippen LogP contribution is 2.08. The molecule has 0 spiro atoms. The molecule has 1 saturated heterocycles. The van der Waals surface area contributed by atoms with Gasteiger partial charge in [0.1, 0.15) is 0 Å². The molecular formula is C8H17ClN2O2. The van der Waals surface area contributed by atoms with Crippen molar-refractivity contribution < 1.29 is 9.53 Å². The average Bonchev–Trinajstić information content (AvgIpc) is 2.06. The van der Waals surface area contributed by atoms with E-state index in [2.05, 4.69) is 0 Å². The van der Waals surface area contributed by atoms with Crippen LogP contribution in [-0.2, 0) is 4.74 Å². The first-order valence-corrected chi connectivity index (χ1v) is 4.41. The van der Waals surface area contributed by atoms with Crippen molar-refractivity contribution in [2.24, 2.45) is 5.73 Å². The molecule has 0 bridgehead atoms. The lowest BCUT2D eigenvalue weighted by Gasteiger charge is -2.29. The van der Waals surface area contributed by atoms with Crippen molar-refractivity contribution in [2.45, 2.75) is 25.8 Å². The van der Waals surface area contributed by atoms with E-state index in [0.29, 0.717) is 6.61 Å². The number of hydrogen-bond donors (Lipinski definition) is 1. The Balaban J connectivity index is 0.00000144. The minimum Gasteiger partial charge on any atom is -0.450 e.